The third kappa shape index (κ3) is 3.86. The fourth-order valence-corrected chi connectivity index (χ4v) is 3.95. The Morgan fingerprint density at radius 3 is 2.34 bits per heavy atom. The predicted molar refractivity (Wildman–Crippen MR) is 106 cm³/mol. The van der Waals surface area contributed by atoms with E-state index in [2.05, 4.69) is 11.6 Å². The van der Waals surface area contributed by atoms with Crippen molar-refractivity contribution in [2.24, 2.45) is 4.99 Å². The molecule has 0 unspecified atom stereocenters. The Kier molecular flexibility index (Phi) is 5.97. The summed E-state index contributed by atoms with van der Waals surface area (Å²) in [5, 5.41) is 0. The first-order valence-corrected chi connectivity index (χ1v) is 9.23. The monoisotopic (exact) mass is 420 g/mol. The van der Waals surface area contributed by atoms with Gasteiger partial charge in [-0.1, -0.05) is 17.4 Å². The molecule has 9 heteroatoms. The quantitative estimate of drug-likeness (QED) is 0.567. The number of carbonyl (C=O) groups is 1. The molecule has 0 aliphatic heterocycles. The second-order valence-electron chi connectivity index (χ2n) is 5.85. The molecule has 0 bridgehead atoms. The van der Waals surface area contributed by atoms with Crippen LogP contribution in [0, 0.1) is 11.6 Å². The molecular weight excluding hydrogens is 402 g/mol. The van der Waals surface area contributed by atoms with Gasteiger partial charge in [0, 0.05) is 18.2 Å². The van der Waals surface area contributed by atoms with Crippen LogP contribution in [0.25, 0.3) is 10.2 Å². The van der Waals surface area contributed by atoms with Crippen LogP contribution in [-0.2, 0) is 6.54 Å². The maximum atomic E-state index is 14.3. The zero-order valence-electron chi connectivity index (χ0n) is 16.0. The lowest BCUT2D eigenvalue weighted by molar-refractivity contribution is 0.0997. The first kappa shape index (κ1) is 20.5. The first-order chi connectivity index (χ1) is 13.9. The van der Waals surface area contributed by atoms with Crippen LogP contribution in [0.2, 0.25) is 0 Å². The van der Waals surface area contributed by atoms with Gasteiger partial charge >= 0.3 is 0 Å². The van der Waals surface area contributed by atoms with Gasteiger partial charge in [0.05, 0.1) is 31.5 Å². The maximum Gasteiger partial charge on any atom is 0.279 e. The van der Waals surface area contributed by atoms with Crippen molar-refractivity contribution in [1.82, 2.24) is 4.57 Å². The Morgan fingerprint density at radius 2 is 1.79 bits per heavy atom. The molecule has 29 heavy (non-hydrogen) atoms. The Balaban J connectivity index is 2.19. The minimum absolute atomic E-state index is 0.160. The summed E-state index contributed by atoms with van der Waals surface area (Å²) in [4.78, 5) is 17.1. The topological polar surface area (TPSA) is 62.1 Å². The number of amides is 1. The van der Waals surface area contributed by atoms with Crippen molar-refractivity contribution in [2.45, 2.75) is 6.54 Å². The Bertz CT molecular complexity index is 1140. The summed E-state index contributed by atoms with van der Waals surface area (Å²) >= 11 is 1.00. The molecule has 0 radical (unpaired) electrons. The van der Waals surface area contributed by atoms with E-state index in [1.807, 2.05) is 0 Å². The molecule has 1 aromatic heterocycles. The van der Waals surface area contributed by atoms with Gasteiger partial charge in [-0.25, -0.2) is 8.78 Å². The number of aromatic nitrogens is 1. The lowest BCUT2D eigenvalue weighted by Gasteiger charge is -2.12. The molecule has 0 aliphatic carbocycles. The Labute approximate surface area is 169 Å². The number of thiazole rings is 1. The highest BCUT2D eigenvalue weighted by Gasteiger charge is 2.18. The molecule has 0 N–H and O–H groups in total. The average Bonchev–Trinajstić information content (AvgIpc) is 3.03. The second kappa shape index (κ2) is 8.44. The molecule has 2 aromatic carbocycles. The summed E-state index contributed by atoms with van der Waals surface area (Å²) in [6.45, 7) is 3.84. The standard InChI is InChI=1S/C20H18F2N2O4S/c1-5-6-24-17-13(22)9-12(21)10-16(17)29-20(24)23-19(25)11-7-14(26-2)18(28-4)15(8-11)27-3/h5,7-10H,1,6H2,2-4H3. The molecule has 3 rings (SSSR count). The molecule has 0 fully saturated rings. The predicted octanol–water partition coefficient (Wildman–Crippen LogP) is 3.93. The van der Waals surface area contributed by atoms with E-state index in [9.17, 15) is 13.6 Å². The SMILES string of the molecule is C=CCn1c(=NC(=O)c2cc(OC)c(OC)c(OC)c2)sc2cc(F)cc(F)c21. The fraction of sp³-hybridized carbons (Fsp3) is 0.200. The van der Waals surface area contributed by atoms with E-state index in [1.165, 1.54) is 50.2 Å². The van der Waals surface area contributed by atoms with Gasteiger partial charge in [0.1, 0.15) is 5.82 Å². The third-order valence-electron chi connectivity index (χ3n) is 4.12. The lowest BCUT2D eigenvalue weighted by atomic mass is 10.1. The van der Waals surface area contributed by atoms with E-state index in [0.29, 0.717) is 21.9 Å². The zero-order chi connectivity index (χ0) is 21.1. The van der Waals surface area contributed by atoms with Gasteiger partial charge in [0.25, 0.3) is 5.91 Å². The molecule has 6 nitrogen and oxygen atoms in total. The number of rotatable bonds is 6. The summed E-state index contributed by atoms with van der Waals surface area (Å²) < 4.78 is 45.5. The van der Waals surface area contributed by atoms with Crippen molar-refractivity contribution in [3.8, 4) is 17.2 Å². The van der Waals surface area contributed by atoms with E-state index in [1.54, 1.807) is 0 Å². The van der Waals surface area contributed by atoms with Gasteiger partial charge in [0.2, 0.25) is 5.75 Å². The summed E-state index contributed by atoms with van der Waals surface area (Å²) in [7, 11) is 4.32. The van der Waals surface area contributed by atoms with E-state index < -0.39 is 17.5 Å². The number of hydrogen-bond acceptors (Lipinski definition) is 5. The van der Waals surface area contributed by atoms with E-state index in [0.717, 1.165) is 17.4 Å². The summed E-state index contributed by atoms with van der Waals surface area (Å²) in [6.07, 6.45) is 1.54. The first-order valence-electron chi connectivity index (χ1n) is 8.41. The molecule has 0 saturated heterocycles. The van der Waals surface area contributed by atoms with Crippen LogP contribution >= 0.6 is 11.3 Å². The molecule has 1 amide bonds. The van der Waals surface area contributed by atoms with E-state index in [-0.39, 0.29) is 22.4 Å². The highest BCUT2D eigenvalue weighted by molar-refractivity contribution is 7.16. The van der Waals surface area contributed by atoms with Crippen LogP contribution in [0.15, 0.2) is 41.9 Å². The largest absolute Gasteiger partial charge is 0.493 e. The van der Waals surface area contributed by atoms with Crippen molar-refractivity contribution in [1.29, 1.82) is 0 Å². The zero-order valence-corrected chi connectivity index (χ0v) is 16.8. The smallest absolute Gasteiger partial charge is 0.279 e. The second-order valence-corrected chi connectivity index (χ2v) is 6.86. The van der Waals surface area contributed by atoms with Crippen LogP contribution in [0.1, 0.15) is 10.4 Å². The average molecular weight is 420 g/mol. The third-order valence-corrected chi connectivity index (χ3v) is 5.14. The summed E-state index contributed by atoms with van der Waals surface area (Å²) in [5.74, 6) is -1.10. The van der Waals surface area contributed by atoms with Gasteiger partial charge in [-0.2, -0.15) is 4.99 Å². The number of halogens is 2. The molecule has 0 atom stereocenters. The van der Waals surface area contributed by atoms with Gasteiger partial charge in [-0.3, -0.25) is 4.79 Å². The van der Waals surface area contributed by atoms with Crippen molar-refractivity contribution < 1.29 is 27.8 Å². The minimum atomic E-state index is -0.736. The molecular formula is C20H18F2N2O4S. The van der Waals surface area contributed by atoms with Crippen LogP contribution in [0.5, 0.6) is 17.2 Å². The molecule has 152 valence electrons. The number of benzene rings is 2. The van der Waals surface area contributed by atoms with Crippen molar-refractivity contribution in [3.05, 3.63) is 58.9 Å². The number of carbonyl (C=O) groups excluding carboxylic acids is 1. The van der Waals surface area contributed by atoms with Crippen molar-refractivity contribution in [3.63, 3.8) is 0 Å². The van der Waals surface area contributed by atoms with Gasteiger partial charge in [-0.05, 0) is 18.2 Å². The van der Waals surface area contributed by atoms with Crippen LogP contribution in [0.3, 0.4) is 0 Å². The highest BCUT2D eigenvalue weighted by Crippen LogP contribution is 2.38. The summed E-state index contributed by atoms with van der Waals surface area (Å²) in [5.41, 5.74) is 0.349. The number of ether oxygens (including phenoxy) is 3. The van der Waals surface area contributed by atoms with Crippen molar-refractivity contribution in [2.75, 3.05) is 21.3 Å². The Morgan fingerprint density at radius 1 is 1.14 bits per heavy atom. The number of fused-ring (bicyclic) bond motifs is 1. The van der Waals surface area contributed by atoms with Gasteiger partial charge < -0.3 is 18.8 Å². The molecule has 0 saturated carbocycles. The van der Waals surface area contributed by atoms with E-state index >= 15 is 0 Å². The van der Waals surface area contributed by atoms with E-state index in [4.69, 9.17) is 14.2 Å². The summed E-state index contributed by atoms with van der Waals surface area (Å²) in [6, 6.07) is 4.93. The number of methoxy groups -OCH3 is 3. The fourth-order valence-electron chi connectivity index (χ4n) is 2.87. The number of hydrogen-bond donors (Lipinski definition) is 0. The number of nitrogens with zero attached hydrogens (tertiary/aromatic N) is 2. The molecule has 3 aromatic rings. The molecule has 0 aliphatic rings. The van der Waals surface area contributed by atoms with Crippen molar-refractivity contribution >= 4 is 27.5 Å². The maximum absolute atomic E-state index is 14.3. The molecule has 1 heterocycles. The van der Waals surface area contributed by atoms with Gasteiger partial charge in [-0.15, -0.1) is 6.58 Å². The normalized spacial score (nSPS) is 11.6. The lowest BCUT2D eigenvalue weighted by Crippen LogP contribution is -2.17. The number of allylic oxidation sites excluding steroid dienone is 1. The van der Waals surface area contributed by atoms with Gasteiger partial charge in [0.15, 0.2) is 22.1 Å². The molecule has 0 spiro atoms. The van der Waals surface area contributed by atoms with Crippen LogP contribution < -0.4 is 19.0 Å². The Hall–Kier alpha value is -3.20. The minimum Gasteiger partial charge on any atom is -0.493 e. The highest BCUT2D eigenvalue weighted by atomic mass is 32.1. The van der Waals surface area contributed by atoms with Crippen LogP contribution in [-0.4, -0.2) is 31.8 Å². The van der Waals surface area contributed by atoms with Crippen LogP contribution in [0.4, 0.5) is 8.78 Å².